The first kappa shape index (κ1) is 13.1. The number of hydrogen-bond acceptors (Lipinski definition) is 4. The van der Waals surface area contributed by atoms with Crippen LogP contribution in [0.4, 0.5) is 0 Å². The molecule has 0 saturated carbocycles. The van der Waals surface area contributed by atoms with Crippen LogP contribution in [0.15, 0.2) is 22.8 Å². The zero-order valence-electron chi connectivity index (χ0n) is 10.8. The summed E-state index contributed by atoms with van der Waals surface area (Å²) in [5.74, 6) is -0.0893. The van der Waals surface area contributed by atoms with Gasteiger partial charge >= 0.3 is 0 Å². The Morgan fingerprint density at radius 2 is 2.22 bits per heavy atom. The highest BCUT2D eigenvalue weighted by molar-refractivity contribution is 5.91. The minimum Gasteiger partial charge on any atom is -0.459 e. The molecule has 5 nitrogen and oxygen atoms in total. The lowest BCUT2D eigenvalue weighted by Gasteiger charge is -2.25. The quantitative estimate of drug-likeness (QED) is 0.869. The van der Waals surface area contributed by atoms with Crippen molar-refractivity contribution in [1.82, 2.24) is 5.32 Å². The van der Waals surface area contributed by atoms with Crippen molar-refractivity contribution in [2.24, 2.45) is 5.92 Å². The number of hydrogen-bond donors (Lipinski definition) is 1. The molecule has 1 aliphatic rings. The Bertz CT molecular complexity index is 382. The fourth-order valence-electron chi connectivity index (χ4n) is 2.14. The smallest absolute Gasteiger partial charge is 0.286 e. The van der Waals surface area contributed by atoms with Gasteiger partial charge in [0.1, 0.15) is 0 Å². The number of amides is 1. The highest BCUT2D eigenvalue weighted by atomic mass is 16.7. The number of carbonyl (C=O) groups excluding carboxylic acids is 1. The molecule has 0 bridgehead atoms. The first-order valence-electron chi connectivity index (χ1n) is 6.19. The number of furan rings is 1. The zero-order chi connectivity index (χ0) is 13.0. The van der Waals surface area contributed by atoms with E-state index >= 15 is 0 Å². The van der Waals surface area contributed by atoms with E-state index in [1.165, 1.54) is 6.26 Å². The Labute approximate surface area is 106 Å². The molecule has 5 heteroatoms. The van der Waals surface area contributed by atoms with Crippen LogP contribution >= 0.6 is 0 Å². The maximum Gasteiger partial charge on any atom is 0.286 e. The average molecular weight is 253 g/mol. The molecule has 0 aromatic carbocycles. The lowest BCUT2D eigenvalue weighted by molar-refractivity contribution is -0.153. The Balaban J connectivity index is 1.74. The molecule has 1 aliphatic heterocycles. The van der Waals surface area contributed by atoms with E-state index in [1.54, 1.807) is 12.1 Å². The zero-order valence-corrected chi connectivity index (χ0v) is 10.8. The normalized spacial score (nSPS) is 19.7. The van der Waals surface area contributed by atoms with Gasteiger partial charge in [-0.25, -0.2) is 0 Å². The Morgan fingerprint density at radius 1 is 1.50 bits per heavy atom. The highest BCUT2D eigenvalue weighted by Crippen LogP contribution is 2.26. The average Bonchev–Trinajstić information content (AvgIpc) is 2.97. The Kier molecular flexibility index (Phi) is 4.04. The largest absolute Gasteiger partial charge is 0.459 e. The third-order valence-electron chi connectivity index (χ3n) is 2.97. The van der Waals surface area contributed by atoms with Gasteiger partial charge in [0.05, 0.1) is 19.5 Å². The van der Waals surface area contributed by atoms with Gasteiger partial charge in [0.25, 0.3) is 5.91 Å². The van der Waals surface area contributed by atoms with Gasteiger partial charge in [-0.2, -0.15) is 0 Å². The Hall–Kier alpha value is -1.33. The van der Waals surface area contributed by atoms with Crippen molar-refractivity contribution in [1.29, 1.82) is 0 Å². The van der Waals surface area contributed by atoms with Gasteiger partial charge in [-0.3, -0.25) is 4.79 Å². The van der Waals surface area contributed by atoms with Crippen LogP contribution in [-0.2, 0) is 9.47 Å². The molecule has 18 heavy (non-hydrogen) atoms. The molecular weight excluding hydrogens is 234 g/mol. The van der Waals surface area contributed by atoms with E-state index in [2.05, 4.69) is 12.2 Å². The molecule has 0 unspecified atom stereocenters. The van der Waals surface area contributed by atoms with Crippen LogP contribution in [0.1, 0.15) is 30.8 Å². The maximum atomic E-state index is 11.7. The summed E-state index contributed by atoms with van der Waals surface area (Å²) in [5.41, 5.74) is 0. The predicted octanol–water partition coefficient (Wildman–Crippen LogP) is 1.80. The van der Waals surface area contributed by atoms with Crippen molar-refractivity contribution >= 4 is 5.91 Å². The first-order chi connectivity index (χ1) is 8.59. The lowest BCUT2D eigenvalue weighted by Crippen LogP contribution is -2.34. The van der Waals surface area contributed by atoms with E-state index in [0.29, 0.717) is 25.5 Å². The van der Waals surface area contributed by atoms with Crippen molar-refractivity contribution in [3.8, 4) is 0 Å². The molecule has 1 aromatic rings. The first-order valence-corrected chi connectivity index (χ1v) is 6.19. The summed E-state index contributed by atoms with van der Waals surface area (Å²) in [6, 6.07) is 3.34. The molecule has 1 atom stereocenters. The molecule has 1 fully saturated rings. The minimum atomic E-state index is -0.505. The van der Waals surface area contributed by atoms with Crippen molar-refractivity contribution in [3.63, 3.8) is 0 Å². The predicted molar refractivity (Wildman–Crippen MR) is 65.1 cm³/mol. The van der Waals surface area contributed by atoms with Gasteiger partial charge in [0, 0.05) is 13.0 Å². The summed E-state index contributed by atoms with van der Waals surface area (Å²) in [6.07, 6.45) is 2.24. The molecule has 1 amide bonds. The van der Waals surface area contributed by atoms with Crippen molar-refractivity contribution in [2.75, 3.05) is 19.8 Å². The third kappa shape index (κ3) is 3.34. The van der Waals surface area contributed by atoms with E-state index < -0.39 is 5.79 Å². The molecule has 2 rings (SSSR count). The summed E-state index contributed by atoms with van der Waals surface area (Å²) in [4.78, 5) is 11.7. The molecule has 1 saturated heterocycles. The summed E-state index contributed by atoms with van der Waals surface area (Å²) in [5, 5.41) is 2.83. The fraction of sp³-hybridized carbons (Fsp3) is 0.615. The molecule has 0 radical (unpaired) electrons. The van der Waals surface area contributed by atoms with Crippen LogP contribution in [0.2, 0.25) is 0 Å². The summed E-state index contributed by atoms with van der Waals surface area (Å²) in [6.45, 7) is 5.84. The molecule has 100 valence electrons. The minimum absolute atomic E-state index is 0.190. The van der Waals surface area contributed by atoms with Crippen molar-refractivity contribution in [3.05, 3.63) is 24.2 Å². The lowest BCUT2D eigenvalue weighted by atomic mass is 10.0. The van der Waals surface area contributed by atoms with Crippen LogP contribution in [0.3, 0.4) is 0 Å². The van der Waals surface area contributed by atoms with E-state index in [0.717, 1.165) is 6.42 Å². The topological polar surface area (TPSA) is 60.7 Å². The third-order valence-corrected chi connectivity index (χ3v) is 2.97. The van der Waals surface area contributed by atoms with Crippen LogP contribution in [-0.4, -0.2) is 31.5 Å². The van der Waals surface area contributed by atoms with Gasteiger partial charge in [-0.05, 0) is 25.0 Å². The van der Waals surface area contributed by atoms with E-state index in [-0.39, 0.29) is 11.8 Å². The molecule has 0 spiro atoms. The molecule has 1 aromatic heterocycles. The van der Waals surface area contributed by atoms with Crippen LogP contribution in [0.5, 0.6) is 0 Å². The standard InChI is InChI=1S/C13H19NO4/c1-10(8-13(2)17-6-7-18-13)9-14-12(15)11-4-3-5-16-11/h3-5,10H,6-9H2,1-2H3,(H,14,15)/t10-/m0/s1. The second-order valence-corrected chi connectivity index (χ2v) is 4.83. The highest BCUT2D eigenvalue weighted by Gasteiger charge is 2.32. The van der Waals surface area contributed by atoms with E-state index in [4.69, 9.17) is 13.9 Å². The van der Waals surface area contributed by atoms with Crippen LogP contribution in [0.25, 0.3) is 0 Å². The SMILES string of the molecule is C[C@H](CNC(=O)c1ccco1)CC1(C)OCCO1. The van der Waals surface area contributed by atoms with E-state index in [9.17, 15) is 4.79 Å². The fourth-order valence-corrected chi connectivity index (χ4v) is 2.14. The summed E-state index contributed by atoms with van der Waals surface area (Å²) in [7, 11) is 0. The number of carbonyl (C=O) groups is 1. The summed E-state index contributed by atoms with van der Waals surface area (Å²) < 4.78 is 16.1. The van der Waals surface area contributed by atoms with E-state index in [1.807, 2.05) is 6.92 Å². The van der Waals surface area contributed by atoms with Crippen LogP contribution < -0.4 is 5.32 Å². The number of rotatable bonds is 5. The van der Waals surface area contributed by atoms with Crippen molar-refractivity contribution in [2.45, 2.75) is 26.1 Å². The number of nitrogens with one attached hydrogen (secondary N) is 1. The monoisotopic (exact) mass is 253 g/mol. The summed E-state index contributed by atoms with van der Waals surface area (Å²) >= 11 is 0. The molecule has 2 heterocycles. The second kappa shape index (κ2) is 5.54. The van der Waals surface area contributed by atoms with Crippen molar-refractivity contribution < 1.29 is 18.7 Å². The maximum absolute atomic E-state index is 11.7. The van der Waals surface area contributed by atoms with Gasteiger partial charge < -0.3 is 19.2 Å². The molecule has 0 aliphatic carbocycles. The second-order valence-electron chi connectivity index (χ2n) is 4.83. The Morgan fingerprint density at radius 3 is 2.83 bits per heavy atom. The van der Waals surface area contributed by atoms with Gasteiger partial charge in [0.15, 0.2) is 11.5 Å². The molecule has 1 N–H and O–H groups in total. The van der Waals surface area contributed by atoms with Gasteiger partial charge in [0.2, 0.25) is 0 Å². The molecular formula is C13H19NO4. The van der Waals surface area contributed by atoms with Gasteiger partial charge in [-0.1, -0.05) is 6.92 Å². The number of ether oxygens (including phenoxy) is 2. The van der Waals surface area contributed by atoms with Gasteiger partial charge in [-0.15, -0.1) is 0 Å². The van der Waals surface area contributed by atoms with Crippen LogP contribution in [0, 0.1) is 5.92 Å².